The van der Waals surface area contributed by atoms with Crippen molar-refractivity contribution in [2.75, 3.05) is 6.54 Å². The van der Waals surface area contributed by atoms with Crippen LogP contribution >= 0.6 is 0 Å². The van der Waals surface area contributed by atoms with E-state index in [2.05, 4.69) is 19.2 Å². The van der Waals surface area contributed by atoms with Crippen molar-refractivity contribution in [1.29, 1.82) is 0 Å². The van der Waals surface area contributed by atoms with Crippen molar-refractivity contribution < 1.29 is 5.11 Å². The minimum Gasteiger partial charge on any atom is -0.393 e. The van der Waals surface area contributed by atoms with Crippen molar-refractivity contribution in [1.82, 2.24) is 5.32 Å². The number of aliphatic hydroxyl groups is 1. The van der Waals surface area contributed by atoms with E-state index in [-0.39, 0.29) is 6.10 Å². The Morgan fingerprint density at radius 3 is 2.27 bits per heavy atom. The van der Waals surface area contributed by atoms with Crippen LogP contribution in [0.25, 0.3) is 0 Å². The Bertz CT molecular complexity index is 126. The summed E-state index contributed by atoms with van der Waals surface area (Å²) in [4.78, 5) is 0. The largest absolute Gasteiger partial charge is 0.393 e. The lowest BCUT2D eigenvalue weighted by atomic mass is 10.1. The summed E-state index contributed by atoms with van der Waals surface area (Å²) in [6.07, 6.45) is 8.75. The molecular weight excluding hydrogens is 186 g/mol. The summed E-state index contributed by atoms with van der Waals surface area (Å²) in [5, 5.41) is 12.5. The topological polar surface area (TPSA) is 32.3 Å². The van der Waals surface area contributed by atoms with Gasteiger partial charge in [0.1, 0.15) is 0 Å². The molecule has 0 aliphatic rings. The lowest BCUT2D eigenvalue weighted by Gasteiger charge is -2.14. The molecule has 0 aliphatic heterocycles. The molecule has 0 saturated carbocycles. The summed E-state index contributed by atoms with van der Waals surface area (Å²) in [5.41, 5.74) is 0. The van der Waals surface area contributed by atoms with Gasteiger partial charge in [-0.2, -0.15) is 0 Å². The Kier molecular flexibility index (Phi) is 10.4. The second-order valence-electron chi connectivity index (χ2n) is 4.70. The summed E-state index contributed by atoms with van der Waals surface area (Å²) >= 11 is 0. The summed E-state index contributed by atoms with van der Waals surface area (Å²) in [5.74, 6) is 0. The van der Waals surface area contributed by atoms with Crippen molar-refractivity contribution in [3.05, 3.63) is 0 Å². The van der Waals surface area contributed by atoms with Crippen LogP contribution in [0.15, 0.2) is 0 Å². The lowest BCUT2D eigenvalue weighted by Crippen LogP contribution is -2.28. The van der Waals surface area contributed by atoms with Gasteiger partial charge in [-0.25, -0.2) is 0 Å². The fourth-order valence-electron chi connectivity index (χ4n) is 1.69. The van der Waals surface area contributed by atoms with E-state index in [0.29, 0.717) is 6.04 Å². The van der Waals surface area contributed by atoms with Gasteiger partial charge in [-0.1, -0.05) is 39.0 Å². The van der Waals surface area contributed by atoms with Gasteiger partial charge in [0, 0.05) is 6.04 Å². The van der Waals surface area contributed by atoms with E-state index >= 15 is 0 Å². The maximum absolute atomic E-state index is 9.10. The summed E-state index contributed by atoms with van der Waals surface area (Å²) in [6, 6.07) is 0.602. The average Bonchev–Trinajstić information content (AvgIpc) is 2.17. The average molecular weight is 215 g/mol. The molecular formula is C13H29NO. The number of nitrogens with one attached hydrogen (secondary N) is 1. The highest BCUT2D eigenvalue weighted by Crippen LogP contribution is 2.07. The van der Waals surface area contributed by atoms with E-state index in [0.717, 1.165) is 13.0 Å². The molecule has 2 nitrogen and oxygen atoms in total. The van der Waals surface area contributed by atoms with Crippen molar-refractivity contribution >= 4 is 0 Å². The third-order valence-corrected chi connectivity index (χ3v) is 2.80. The number of hydrogen-bond donors (Lipinski definition) is 2. The third-order valence-electron chi connectivity index (χ3n) is 2.80. The van der Waals surface area contributed by atoms with Gasteiger partial charge in [0.25, 0.3) is 0 Å². The summed E-state index contributed by atoms with van der Waals surface area (Å²) in [6.45, 7) is 7.27. The van der Waals surface area contributed by atoms with Crippen LogP contribution in [0.2, 0.25) is 0 Å². The molecule has 0 amide bonds. The molecule has 0 aromatic carbocycles. The first-order valence-corrected chi connectivity index (χ1v) is 6.58. The number of rotatable bonds is 10. The maximum Gasteiger partial charge on any atom is 0.0524 e. The Morgan fingerprint density at radius 1 is 1.00 bits per heavy atom. The zero-order valence-electron chi connectivity index (χ0n) is 10.8. The minimum absolute atomic E-state index is 0.172. The fourth-order valence-corrected chi connectivity index (χ4v) is 1.69. The summed E-state index contributed by atoms with van der Waals surface area (Å²) in [7, 11) is 0. The van der Waals surface area contributed by atoms with E-state index in [1.54, 1.807) is 0 Å². The SMILES string of the molecule is CCCCCCCC(C)NCCC(C)O. The molecule has 0 heterocycles. The molecule has 15 heavy (non-hydrogen) atoms. The zero-order valence-corrected chi connectivity index (χ0v) is 10.8. The highest BCUT2D eigenvalue weighted by Gasteiger charge is 2.01. The van der Waals surface area contributed by atoms with E-state index in [1.165, 1.54) is 38.5 Å². The molecule has 0 rings (SSSR count). The molecule has 0 bridgehead atoms. The molecule has 0 saturated heterocycles. The molecule has 2 unspecified atom stereocenters. The first-order chi connectivity index (χ1) is 7.16. The van der Waals surface area contributed by atoms with Crippen molar-refractivity contribution in [3.8, 4) is 0 Å². The molecule has 0 spiro atoms. The molecule has 0 aromatic rings. The standard InChI is InChI=1S/C13H29NO/c1-4-5-6-7-8-9-12(2)14-11-10-13(3)15/h12-15H,4-11H2,1-3H3. The van der Waals surface area contributed by atoms with E-state index in [1.807, 2.05) is 6.92 Å². The van der Waals surface area contributed by atoms with Crippen molar-refractivity contribution in [2.45, 2.75) is 77.9 Å². The first kappa shape index (κ1) is 14.9. The monoisotopic (exact) mass is 215 g/mol. The second-order valence-corrected chi connectivity index (χ2v) is 4.70. The minimum atomic E-state index is -0.172. The summed E-state index contributed by atoms with van der Waals surface area (Å²) < 4.78 is 0. The Hall–Kier alpha value is -0.0800. The van der Waals surface area contributed by atoms with Crippen LogP contribution in [0.4, 0.5) is 0 Å². The molecule has 0 radical (unpaired) electrons. The van der Waals surface area contributed by atoms with Gasteiger partial charge >= 0.3 is 0 Å². The van der Waals surface area contributed by atoms with Crippen LogP contribution in [0.3, 0.4) is 0 Å². The van der Waals surface area contributed by atoms with Gasteiger partial charge in [-0.05, 0) is 33.2 Å². The maximum atomic E-state index is 9.10. The normalized spacial score (nSPS) is 15.2. The van der Waals surface area contributed by atoms with Gasteiger partial charge in [0.2, 0.25) is 0 Å². The van der Waals surface area contributed by atoms with Crippen LogP contribution in [0.1, 0.15) is 65.7 Å². The quantitative estimate of drug-likeness (QED) is 0.549. The van der Waals surface area contributed by atoms with Crippen LogP contribution in [-0.2, 0) is 0 Å². The molecule has 2 N–H and O–H groups in total. The third kappa shape index (κ3) is 11.8. The first-order valence-electron chi connectivity index (χ1n) is 6.58. The predicted molar refractivity (Wildman–Crippen MR) is 67.1 cm³/mol. The number of unbranched alkanes of at least 4 members (excludes halogenated alkanes) is 4. The molecule has 0 aromatic heterocycles. The van der Waals surface area contributed by atoms with Gasteiger partial charge in [-0.15, -0.1) is 0 Å². The highest BCUT2D eigenvalue weighted by atomic mass is 16.3. The van der Waals surface area contributed by atoms with Crippen molar-refractivity contribution in [3.63, 3.8) is 0 Å². The van der Waals surface area contributed by atoms with Gasteiger partial charge in [-0.3, -0.25) is 0 Å². The van der Waals surface area contributed by atoms with Gasteiger partial charge < -0.3 is 10.4 Å². The van der Waals surface area contributed by atoms with E-state index < -0.39 is 0 Å². The zero-order chi connectivity index (χ0) is 11.5. The van der Waals surface area contributed by atoms with Crippen LogP contribution < -0.4 is 5.32 Å². The Morgan fingerprint density at radius 2 is 1.67 bits per heavy atom. The number of aliphatic hydroxyl groups excluding tert-OH is 1. The fraction of sp³-hybridized carbons (Fsp3) is 1.00. The highest BCUT2D eigenvalue weighted by molar-refractivity contribution is 4.62. The molecule has 0 aliphatic carbocycles. The Balaban J connectivity index is 3.15. The van der Waals surface area contributed by atoms with Crippen LogP contribution in [0.5, 0.6) is 0 Å². The predicted octanol–water partition coefficient (Wildman–Crippen LogP) is 3.10. The van der Waals surface area contributed by atoms with Crippen molar-refractivity contribution in [2.24, 2.45) is 0 Å². The smallest absolute Gasteiger partial charge is 0.0524 e. The second kappa shape index (κ2) is 10.4. The Labute approximate surface area is 95.5 Å². The van der Waals surface area contributed by atoms with Gasteiger partial charge in [0.15, 0.2) is 0 Å². The van der Waals surface area contributed by atoms with Crippen LogP contribution in [-0.4, -0.2) is 23.8 Å². The lowest BCUT2D eigenvalue weighted by molar-refractivity contribution is 0.182. The van der Waals surface area contributed by atoms with Crippen LogP contribution in [0, 0.1) is 0 Å². The number of hydrogen-bond acceptors (Lipinski definition) is 2. The molecule has 2 atom stereocenters. The molecule has 0 fully saturated rings. The van der Waals surface area contributed by atoms with E-state index in [4.69, 9.17) is 5.11 Å². The van der Waals surface area contributed by atoms with Gasteiger partial charge in [0.05, 0.1) is 6.10 Å². The molecule has 2 heteroatoms. The molecule has 92 valence electrons. The van der Waals surface area contributed by atoms with E-state index in [9.17, 15) is 0 Å².